The predicted octanol–water partition coefficient (Wildman–Crippen LogP) is -0.133. The lowest BCUT2D eigenvalue weighted by molar-refractivity contribution is -0.121. The highest BCUT2D eigenvalue weighted by Crippen LogP contribution is 2.02. The van der Waals surface area contributed by atoms with Gasteiger partial charge in [0.25, 0.3) is 5.91 Å². The van der Waals surface area contributed by atoms with E-state index in [0.717, 1.165) is 0 Å². The van der Waals surface area contributed by atoms with Crippen LogP contribution in [0.2, 0.25) is 0 Å². The molecule has 1 rings (SSSR count). The molecule has 1 aromatic rings. The van der Waals surface area contributed by atoms with Gasteiger partial charge in [0.2, 0.25) is 5.91 Å². The fraction of sp³-hybridized carbons (Fsp3) is 0.333. The van der Waals surface area contributed by atoms with E-state index in [1.165, 1.54) is 4.90 Å². The van der Waals surface area contributed by atoms with Crippen LogP contribution in [0, 0.1) is 0 Å². The van der Waals surface area contributed by atoms with Crippen molar-refractivity contribution in [1.29, 1.82) is 0 Å². The van der Waals surface area contributed by atoms with E-state index in [1.807, 2.05) is 6.07 Å². The Labute approximate surface area is 100 Å². The number of likely N-dealkylation sites (N-methyl/N-ethyl adjacent to an activating group) is 1. The maximum absolute atomic E-state index is 11.9. The number of hydrogen-bond donors (Lipinski definition) is 2. The molecule has 5 nitrogen and oxygen atoms in total. The summed E-state index contributed by atoms with van der Waals surface area (Å²) >= 11 is 0. The molecular weight excluding hydrogens is 220 g/mol. The molecule has 0 spiro atoms. The summed E-state index contributed by atoms with van der Waals surface area (Å²) in [6, 6.07) is 8.76. The summed E-state index contributed by atoms with van der Waals surface area (Å²) < 4.78 is 0. The van der Waals surface area contributed by atoms with Gasteiger partial charge in [-0.15, -0.1) is 0 Å². The van der Waals surface area contributed by atoms with Crippen LogP contribution in [-0.2, 0) is 4.79 Å². The third-order valence-corrected chi connectivity index (χ3v) is 2.18. The second kappa shape index (κ2) is 6.65. The highest BCUT2D eigenvalue weighted by molar-refractivity contribution is 5.96. The predicted molar refractivity (Wildman–Crippen MR) is 63.5 cm³/mol. The van der Waals surface area contributed by atoms with E-state index in [1.54, 1.807) is 31.3 Å². The molecule has 5 heteroatoms. The van der Waals surface area contributed by atoms with E-state index in [9.17, 15) is 9.59 Å². The lowest BCUT2D eigenvalue weighted by Gasteiger charge is -2.16. The molecule has 0 aliphatic carbocycles. The summed E-state index contributed by atoms with van der Waals surface area (Å²) in [6.07, 6.45) is 0. The first kappa shape index (κ1) is 13.2. The van der Waals surface area contributed by atoms with Crippen LogP contribution in [-0.4, -0.2) is 48.6 Å². The van der Waals surface area contributed by atoms with E-state index in [-0.39, 0.29) is 31.5 Å². The van der Waals surface area contributed by atoms with Gasteiger partial charge in [0.05, 0.1) is 13.2 Å². The van der Waals surface area contributed by atoms with Crippen LogP contribution in [0.15, 0.2) is 30.3 Å². The van der Waals surface area contributed by atoms with Crippen molar-refractivity contribution in [2.24, 2.45) is 0 Å². The van der Waals surface area contributed by atoms with Gasteiger partial charge in [-0.1, -0.05) is 18.2 Å². The van der Waals surface area contributed by atoms with Gasteiger partial charge in [-0.2, -0.15) is 0 Å². The second-order valence-corrected chi connectivity index (χ2v) is 3.60. The smallest absolute Gasteiger partial charge is 0.254 e. The van der Waals surface area contributed by atoms with E-state index in [0.29, 0.717) is 5.56 Å². The quantitative estimate of drug-likeness (QED) is 0.748. The molecule has 0 aliphatic heterocycles. The summed E-state index contributed by atoms with van der Waals surface area (Å²) in [5.74, 6) is -0.490. The van der Waals surface area contributed by atoms with Crippen LogP contribution in [0.1, 0.15) is 10.4 Å². The third kappa shape index (κ3) is 4.24. The van der Waals surface area contributed by atoms with Crippen LogP contribution in [0.3, 0.4) is 0 Å². The first-order valence-corrected chi connectivity index (χ1v) is 5.33. The number of carbonyl (C=O) groups excluding carboxylic acids is 2. The fourth-order valence-corrected chi connectivity index (χ4v) is 1.34. The largest absolute Gasteiger partial charge is 0.395 e. The molecular formula is C12H16N2O3. The van der Waals surface area contributed by atoms with Gasteiger partial charge in [-0.05, 0) is 12.1 Å². The van der Waals surface area contributed by atoms with Crippen molar-refractivity contribution in [1.82, 2.24) is 10.2 Å². The van der Waals surface area contributed by atoms with Crippen molar-refractivity contribution < 1.29 is 14.7 Å². The minimum atomic E-state index is -0.286. The fourth-order valence-electron chi connectivity index (χ4n) is 1.34. The molecule has 1 aromatic carbocycles. The second-order valence-electron chi connectivity index (χ2n) is 3.60. The molecule has 0 atom stereocenters. The Balaban J connectivity index is 2.50. The van der Waals surface area contributed by atoms with Gasteiger partial charge >= 0.3 is 0 Å². The Morgan fingerprint density at radius 3 is 2.53 bits per heavy atom. The number of aliphatic hydroxyl groups is 1. The monoisotopic (exact) mass is 236 g/mol. The van der Waals surface area contributed by atoms with Gasteiger partial charge in [0.15, 0.2) is 0 Å². The zero-order chi connectivity index (χ0) is 12.7. The SMILES string of the molecule is CN(CC(=O)NCCO)C(=O)c1ccccc1. The maximum atomic E-state index is 11.9. The van der Waals surface area contributed by atoms with Crippen LogP contribution < -0.4 is 5.32 Å². The van der Waals surface area contributed by atoms with Gasteiger partial charge in [-0.3, -0.25) is 9.59 Å². The van der Waals surface area contributed by atoms with Gasteiger partial charge in [0, 0.05) is 19.2 Å². The van der Waals surface area contributed by atoms with Crippen LogP contribution in [0.4, 0.5) is 0 Å². The van der Waals surface area contributed by atoms with Crippen LogP contribution >= 0.6 is 0 Å². The first-order chi connectivity index (χ1) is 8.15. The topological polar surface area (TPSA) is 69.6 Å². The Bertz CT molecular complexity index is 379. The standard InChI is InChI=1S/C12H16N2O3/c1-14(9-11(16)13-7-8-15)12(17)10-5-3-2-4-6-10/h2-6,15H,7-9H2,1H3,(H,13,16). The van der Waals surface area contributed by atoms with Crippen molar-refractivity contribution in [3.05, 3.63) is 35.9 Å². The summed E-state index contributed by atoms with van der Waals surface area (Å²) in [7, 11) is 1.56. The Kier molecular flexibility index (Phi) is 5.16. The number of aliphatic hydroxyl groups excluding tert-OH is 1. The molecule has 0 aliphatic rings. The van der Waals surface area contributed by atoms with E-state index in [4.69, 9.17) is 5.11 Å². The van der Waals surface area contributed by atoms with E-state index in [2.05, 4.69) is 5.32 Å². The number of amides is 2. The van der Waals surface area contributed by atoms with Crippen molar-refractivity contribution in [2.45, 2.75) is 0 Å². The van der Waals surface area contributed by atoms with Crippen molar-refractivity contribution in [3.8, 4) is 0 Å². The van der Waals surface area contributed by atoms with Crippen LogP contribution in [0.25, 0.3) is 0 Å². The molecule has 92 valence electrons. The third-order valence-electron chi connectivity index (χ3n) is 2.18. The minimum absolute atomic E-state index is 0.0201. The highest BCUT2D eigenvalue weighted by Gasteiger charge is 2.13. The zero-order valence-electron chi connectivity index (χ0n) is 9.72. The van der Waals surface area contributed by atoms with Crippen molar-refractivity contribution in [3.63, 3.8) is 0 Å². The number of carbonyl (C=O) groups is 2. The Morgan fingerprint density at radius 2 is 1.94 bits per heavy atom. The molecule has 17 heavy (non-hydrogen) atoms. The lowest BCUT2D eigenvalue weighted by atomic mass is 10.2. The van der Waals surface area contributed by atoms with Crippen molar-refractivity contribution >= 4 is 11.8 Å². The number of benzene rings is 1. The van der Waals surface area contributed by atoms with Gasteiger partial charge < -0.3 is 15.3 Å². The molecule has 0 saturated carbocycles. The summed E-state index contributed by atoms with van der Waals surface area (Å²) in [4.78, 5) is 24.5. The number of hydrogen-bond acceptors (Lipinski definition) is 3. The average molecular weight is 236 g/mol. The Hall–Kier alpha value is -1.88. The molecule has 2 amide bonds. The average Bonchev–Trinajstić information content (AvgIpc) is 2.36. The minimum Gasteiger partial charge on any atom is -0.395 e. The molecule has 0 aromatic heterocycles. The summed E-state index contributed by atoms with van der Waals surface area (Å²) in [5, 5.41) is 11.0. The molecule has 0 unspecified atom stereocenters. The van der Waals surface area contributed by atoms with Gasteiger partial charge in [0.1, 0.15) is 0 Å². The molecule has 0 heterocycles. The summed E-state index contributed by atoms with van der Waals surface area (Å²) in [6.45, 7) is 0.0714. The first-order valence-electron chi connectivity index (χ1n) is 5.33. The summed E-state index contributed by atoms with van der Waals surface area (Å²) in [5.41, 5.74) is 0.546. The Morgan fingerprint density at radius 1 is 1.29 bits per heavy atom. The molecule has 0 bridgehead atoms. The normalized spacial score (nSPS) is 9.76. The molecule has 0 fully saturated rings. The molecule has 2 N–H and O–H groups in total. The lowest BCUT2D eigenvalue weighted by Crippen LogP contribution is -2.39. The number of rotatable bonds is 5. The highest BCUT2D eigenvalue weighted by atomic mass is 16.3. The van der Waals surface area contributed by atoms with E-state index < -0.39 is 0 Å². The van der Waals surface area contributed by atoms with Crippen LogP contribution in [0.5, 0.6) is 0 Å². The zero-order valence-corrected chi connectivity index (χ0v) is 9.72. The number of nitrogens with one attached hydrogen (secondary N) is 1. The van der Waals surface area contributed by atoms with E-state index >= 15 is 0 Å². The maximum Gasteiger partial charge on any atom is 0.254 e. The number of nitrogens with zero attached hydrogens (tertiary/aromatic N) is 1. The molecule has 0 saturated heterocycles. The van der Waals surface area contributed by atoms with Crippen molar-refractivity contribution in [2.75, 3.05) is 26.7 Å². The molecule has 0 radical (unpaired) electrons. The van der Waals surface area contributed by atoms with Gasteiger partial charge in [-0.25, -0.2) is 0 Å².